The lowest BCUT2D eigenvalue weighted by Crippen LogP contribution is -2.17. The van der Waals surface area contributed by atoms with Crippen LogP contribution in [0.25, 0.3) is 45.0 Å². The quantitative estimate of drug-likeness (QED) is 0.0832. The molecule has 6 aromatic rings. The largest absolute Gasteiger partial charge is 0.369 e. The average Bonchev–Trinajstić information content (AvgIpc) is 3.68. The Morgan fingerprint density at radius 1 is 0.690 bits per heavy atom. The molecule has 0 aliphatic carbocycles. The number of nitrogens with one attached hydrogen (secondary N) is 1. The van der Waals surface area contributed by atoms with Gasteiger partial charge in [-0.3, -0.25) is 18.2 Å². The van der Waals surface area contributed by atoms with Gasteiger partial charge in [-0.25, -0.2) is 29.3 Å². The van der Waals surface area contributed by atoms with Gasteiger partial charge in [0.1, 0.15) is 33.0 Å². The Bertz CT molecular complexity index is 2510. The number of H-pyrrole nitrogens is 1. The Morgan fingerprint density at radius 2 is 1.10 bits per heavy atom. The van der Waals surface area contributed by atoms with Crippen molar-refractivity contribution < 1.29 is 30.3 Å². The van der Waals surface area contributed by atoms with Crippen LogP contribution in [0.5, 0.6) is 0 Å². The van der Waals surface area contributed by atoms with Gasteiger partial charge in [-0.1, -0.05) is 62.3 Å². The molecule has 7 N–H and O–H groups in total. The monoisotopic (exact) mass is 974 g/mol. The number of aromatic amines is 1. The zero-order valence-electron chi connectivity index (χ0n) is 34.3. The minimum Gasteiger partial charge on any atom is -0.369 e. The summed E-state index contributed by atoms with van der Waals surface area (Å²) in [5, 5.41) is 0. The zero-order valence-corrected chi connectivity index (χ0v) is 39.3. The molecule has 0 aliphatic rings. The number of benzene rings is 1. The van der Waals surface area contributed by atoms with Gasteiger partial charge in [0.05, 0.1) is 23.9 Å². The van der Waals surface area contributed by atoms with E-state index in [0.717, 1.165) is 56.3 Å². The molecule has 0 radical (unpaired) electrons. The number of halogens is 3. The Labute approximate surface area is 357 Å². The van der Waals surface area contributed by atoms with Crippen LogP contribution < -0.4 is 11.5 Å². The SMILES string of the molecule is Br.CC(C)(C)Cn1c(N)nc2ccc(-c3nc(C(C)(C)C)[nH]c3-c3ccc(F)cc3)nc21.CC(C)(C)Cn1c(N)nc2ccc(Br)nc21.CS(=O)(=O)O.CS(=O)(=O)O. The molecule has 0 spiro atoms. The van der Waals surface area contributed by atoms with Crippen molar-refractivity contribution in [3.63, 3.8) is 0 Å². The number of hydrogen-bond donors (Lipinski definition) is 5. The van der Waals surface area contributed by atoms with Crippen LogP contribution in [0.3, 0.4) is 0 Å². The van der Waals surface area contributed by atoms with Gasteiger partial charge in [-0.05, 0) is 75.3 Å². The molecule has 1 aromatic carbocycles. The summed E-state index contributed by atoms with van der Waals surface area (Å²) in [6.45, 7) is 20.7. The first kappa shape index (κ1) is 50.1. The van der Waals surface area contributed by atoms with Crippen molar-refractivity contribution in [2.75, 3.05) is 24.0 Å². The number of aromatic nitrogens is 8. The fourth-order valence-corrected chi connectivity index (χ4v) is 5.45. The average molecular weight is 977 g/mol. The van der Waals surface area contributed by atoms with Gasteiger partial charge in [0.15, 0.2) is 11.3 Å². The van der Waals surface area contributed by atoms with Gasteiger partial charge < -0.3 is 16.5 Å². The third-order valence-corrected chi connectivity index (χ3v) is 7.71. The van der Waals surface area contributed by atoms with Crippen molar-refractivity contribution in [2.24, 2.45) is 10.8 Å². The molecule has 320 valence electrons. The molecule has 6 rings (SSSR count). The van der Waals surface area contributed by atoms with Gasteiger partial charge in [0.2, 0.25) is 11.9 Å². The number of nitrogens with two attached hydrogens (primary N) is 2. The van der Waals surface area contributed by atoms with Crippen LogP contribution in [0.4, 0.5) is 16.3 Å². The summed E-state index contributed by atoms with van der Waals surface area (Å²) in [7, 11) is -7.33. The number of hydrogen-bond acceptors (Lipinski definition) is 11. The maximum atomic E-state index is 13.5. The Balaban J connectivity index is 0.000000357. The van der Waals surface area contributed by atoms with Crippen LogP contribution in [0.15, 0.2) is 53.1 Å². The minimum absolute atomic E-state index is 0. The molecule has 21 heteroatoms. The first-order valence-electron chi connectivity index (χ1n) is 17.4. The van der Waals surface area contributed by atoms with E-state index < -0.39 is 20.2 Å². The van der Waals surface area contributed by atoms with Gasteiger partial charge >= 0.3 is 0 Å². The van der Waals surface area contributed by atoms with E-state index in [-0.39, 0.29) is 39.0 Å². The first-order chi connectivity index (χ1) is 25.8. The zero-order chi connectivity index (χ0) is 43.5. The van der Waals surface area contributed by atoms with Crippen LogP contribution in [0, 0.1) is 16.6 Å². The van der Waals surface area contributed by atoms with E-state index in [1.54, 1.807) is 12.1 Å². The molecule has 0 aliphatic heterocycles. The van der Waals surface area contributed by atoms with E-state index in [0.29, 0.717) is 36.6 Å². The molecular weight excluding hydrogens is 923 g/mol. The van der Waals surface area contributed by atoms with E-state index in [1.807, 2.05) is 33.4 Å². The molecule has 0 bridgehead atoms. The fraction of sp³-hybridized carbons (Fsp3) is 0.432. The summed E-state index contributed by atoms with van der Waals surface area (Å²) in [4.78, 5) is 26.4. The number of imidazole rings is 3. The number of anilines is 2. The lowest BCUT2D eigenvalue weighted by atomic mass is 9.96. The first-order valence-corrected chi connectivity index (χ1v) is 21.9. The van der Waals surface area contributed by atoms with Crippen molar-refractivity contribution in [2.45, 2.75) is 80.8 Å². The summed E-state index contributed by atoms with van der Waals surface area (Å²) in [5.41, 5.74) is 18.3. The molecule has 5 aromatic heterocycles. The molecule has 16 nitrogen and oxygen atoms in total. The maximum absolute atomic E-state index is 13.5. The van der Waals surface area contributed by atoms with Crippen molar-refractivity contribution in [3.8, 4) is 22.6 Å². The molecule has 0 saturated carbocycles. The number of rotatable bonds is 4. The number of fused-ring (bicyclic) bond motifs is 2. The van der Waals surface area contributed by atoms with Gasteiger partial charge in [-0.2, -0.15) is 16.8 Å². The molecule has 0 unspecified atom stereocenters. The molecule has 0 fully saturated rings. The third kappa shape index (κ3) is 16.0. The molecule has 0 atom stereocenters. The number of nitrogen functional groups attached to an aromatic ring is 2. The Morgan fingerprint density at radius 3 is 1.52 bits per heavy atom. The third-order valence-electron chi connectivity index (χ3n) is 7.26. The van der Waals surface area contributed by atoms with E-state index in [2.05, 4.69) is 98.2 Å². The Kier molecular flexibility index (Phi) is 16.4. The molecule has 5 heterocycles. The summed E-state index contributed by atoms with van der Waals surface area (Å²) < 4.78 is 70.0. The fourth-order valence-electron chi connectivity index (χ4n) is 5.15. The van der Waals surface area contributed by atoms with E-state index >= 15 is 0 Å². The van der Waals surface area contributed by atoms with Crippen molar-refractivity contribution >= 4 is 87.4 Å². The number of pyridine rings is 2. The van der Waals surface area contributed by atoms with Crippen molar-refractivity contribution in [3.05, 3.63) is 64.8 Å². The topological polar surface area (TPSA) is 251 Å². The highest BCUT2D eigenvalue weighted by Crippen LogP contribution is 2.34. The van der Waals surface area contributed by atoms with E-state index in [9.17, 15) is 21.2 Å². The van der Waals surface area contributed by atoms with Crippen LogP contribution in [-0.4, -0.2) is 77.5 Å². The normalized spacial score (nSPS) is 12.1. The summed E-state index contributed by atoms with van der Waals surface area (Å²) in [5.74, 6) is 1.54. The van der Waals surface area contributed by atoms with E-state index in [1.165, 1.54) is 12.1 Å². The smallest absolute Gasteiger partial charge is 0.261 e. The highest BCUT2D eigenvalue weighted by Gasteiger charge is 2.25. The second-order valence-corrected chi connectivity index (χ2v) is 20.5. The predicted octanol–water partition coefficient (Wildman–Crippen LogP) is 7.96. The predicted molar refractivity (Wildman–Crippen MR) is 237 cm³/mol. The van der Waals surface area contributed by atoms with Crippen molar-refractivity contribution in [1.82, 2.24) is 39.0 Å². The summed E-state index contributed by atoms with van der Waals surface area (Å²) >= 11 is 3.36. The Hall–Kier alpha value is -4.02. The number of nitrogens with zero attached hydrogens (tertiary/aromatic N) is 7. The highest BCUT2D eigenvalue weighted by molar-refractivity contribution is 9.10. The van der Waals surface area contributed by atoms with Crippen LogP contribution in [0.2, 0.25) is 0 Å². The van der Waals surface area contributed by atoms with Crippen LogP contribution in [0.1, 0.15) is 68.1 Å². The van der Waals surface area contributed by atoms with Gasteiger partial charge in [0.25, 0.3) is 20.2 Å². The van der Waals surface area contributed by atoms with Crippen LogP contribution in [-0.2, 0) is 38.7 Å². The minimum atomic E-state index is -3.67. The molecule has 58 heavy (non-hydrogen) atoms. The summed E-state index contributed by atoms with van der Waals surface area (Å²) in [6, 6.07) is 14.0. The molecule has 0 saturated heterocycles. The second-order valence-electron chi connectivity index (χ2n) is 16.8. The van der Waals surface area contributed by atoms with E-state index in [4.69, 9.17) is 30.5 Å². The summed E-state index contributed by atoms with van der Waals surface area (Å²) in [6.07, 6.45) is 1.43. The van der Waals surface area contributed by atoms with Gasteiger partial charge in [0, 0.05) is 24.1 Å². The van der Waals surface area contributed by atoms with Crippen LogP contribution >= 0.6 is 32.9 Å². The van der Waals surface area contributed by atoms with Gasteiger partial charge in [-0.15, -0.1) is 17.0 Å². The molecule has 0 amide bonds. The van der Waals surface area contributed by atoms with Crippen molar-refractivity contribution in [1.29, 1.82) is 0 Å². The standard InChI is InChI=1S/C24H29FN6.C11H15BrN4.2CH4O3S.BrH/c1-23(2,3)13-31-20-17(28-22(31)26)12-11-16(27-20)19-18(14-7-9-15(25)10-8-14)29-21(30-19)24(4,5)6;1-11(2,3)6-16-9-7(14-10(16)13)4-5-8(12)15-9;2*1-5(2,3)4;/h7-12H,13H2,1-6H3,(H2,26,28)(H,29,30);4-5H,6H2,1-3H3,(H2,13,14);2*1H3,(H,2,3,4);1H. The maximum Gasteiger partial charge on any atom is 0.261 e. The molecular formula is C37H53Br2FN10O6S2. The lowest BCUT2D eigenvalue weighted by Gasteiger charge is -2.19. The second kappa shape index (κ2) is 18.9. The lowest BCUT2D eigenvalue weighted by molar-refractivity contribution is 0.350. The highest BCUT2D eigenvalue weighted by atomic mass is 79.9.